The fraction of sp³-hybridized carbons (Fsp3) is 0.158. The summed E-state index contributed by atoms with van der Waals surface area (Å²) in [5.41, 5.74) is 1.88. The molecule has 2 aromatic rings. The predicted octanol–water partition coefficient (Wildman–Crippen LogP) is 3.10. The highest BCUT2D eigenvalue weighted by Crippen LogP contribution is 2.18. The third-order valence-corrected chi connectivity index (χ3v) is 3.28. The van der Waals surface area contributed by atoms with Gasteiger partial charge in [-0.15, -0.1) is 0 Å². The Bertz CT molecular complexity index is 754. The number of methoxy groups -OCH3 is 1. The topological polar surface area (TPSA) is 67.4 Å². The maximum atomic E-state index is 12.1. The maximum Gasteiger partial charge on any atom is 0.251 e. The van der Waals surface area contributed by atoms with Crippen LogP contribution in [0.4, 0.5) is 5.69 Å². The predicted molar refractivity (Wildman–Crippen MR) is 95.1 cm³/mol. The number of carbonyl (C=O) groups is 2. The van der Waals surface area contributed by atoms with E-state index in [1.807, 2.05) is 31.2 Å². The van der Waals surface area contributed by atoms with Crippen molar-refractivity contribution >= 4 is 23.6 Å². The van der Waals surface area contributed by atoms with Crippen molar-refractivity contribution in [1.29, 1.82) is 0 Å². The van der Waals surface area contributed by atoms with Crippen LogP contribution in [0.3, 0.4) is 0 Å². The van der Waals surface area contributed by atoms with Crippen LogP contribution in [0.25, 0.3) is 6.08 Å². The molecule has 0 fully saturated rings. The van der Waals surface area contributed by atoms with E-state index in [-0.39, 0.29) is 11.8 Å². The number of hydrogen-bond acceptors (Lipinski definition) is 3. The third-order valence-electron chi connectivity index (χ3n) is 3.28. The van der Waals surface area contributed by atoms with Gasteiger partial charge < -0.3 is 15.4 Å². The molecule has 5 heteroatoms. The molecule has 24 heavy (non-hydrogen) atoms. The number of carbonyl (C=O) groups excluding carboxylic acids is 2. The summed E-state index contributed by atoms with van der Waals surface area (Å²) in [6.45, 7) is 2.41. The molecule has 0 atom stereocenters. The molecule has 0 heterocycles. The van der Waals surface area contributed by atoms with Gasteiger partial charge in [-0.1, -0.05) is 24.3 Å². The molecule has 2 rings (SSSR count). The van der Waals surface area contributed by atoms with E-state index in [1.165, 1.54) is 6.08 Å². The van der Waals surface area contributed by atoms with Crippen molar-refractivity contribution < 1.29 is 14.3 Å². The Morgan fingerprint density at radius 2 is 1.92 bits per heavy atom. The molecule has 0 spiro atoms. The van der Waals surface area contributed by atoms with Crippen molar-refractivity contribution in [3.8, 4) is 5.75 Å². The molecule has 2 aromatic carbocycles. The van der Waals surface area contributed by atoms with Crippen LogP contribution in [0, 0.1) is 0 Å². The molecule has 2 amide bonds. The zero-order chi connectivity index (χ0) is 17.4. The lowest BCUT2D eigenvalue weighted by Crippen LogP contribution is -2.22. The zero-order valence-electron chi connectivity index (χ0n) is 13.7. The Morgan fingerprint density at radius 3 is 2.67 bits per heavy atom. The molecule has 0 aliphatic carbocycles. The van der Waals surface area contributed by atoms with Gasteiger partial charge in [0.1, 0.15) is 5.75 Å². The van der Waals surface area contributed by atoms with Gasteiger partial charge in [-0.05, 0) is 37.3 Å². The Hall–Kier alpha value is -3.08. The Morgan fingerprint density at radius 1 is 1.12 bits per heavy atom. The molecule has 0 bridgehead atoms. The number of nitrogens with one attached hydrogen (secondary N) is 2. The molecule has 0 aliphatic heterocycles. The van der Waals surface area contributed by atoms with Gasteiger partial charge in [-0.25, -0.2) is 0 Å². The zero-order valence-corrected chi connectivity index (χ0v) is 13.7. The summed E-state index contributed by atoms with van der Waals surface area (Å²) < 4.78 is 5.23. The normalized spacial score (nSPS) is 10.4. The van der Waals surface area contributed by atoms with Crippen LogP contribution in [-0.2, 0) is 4.79 Å². The highest BCUT2D eigenvalue weighted by Gasteiger charge is 2.06. The molecule has 2 N–H and O–H groups in total. The van der Waals surface area contributed by atoms with Crippen LogP contribution >= 0.6 is 0 Å². The largest absolute Gasteiger partial charge is 0.496 e. The molecule has 124 valence electrons. The quantitative estimate of drug-likeness (QED) is 0.802. The average Bonchev–Trinajstić information content (AvgIpc) is 2.60. The third kappa shape index (κ3) is 4.71. The van der Waals surface area contributed by atoms with Gasteiger partial charge in [0.15, 0.2) is 0 Å². The van der Waals surface area contributed by atoms with Crippen molar-refractivity contribution in [2.24, 2.45) is 0 Å². The molecule has 0 saturated heterocycles. The highest BCUT2D eigenvalue weighted by molar-refractivity contribution is 6.03. The molecule has 0 aromatic heterocycles. The second kappa shape index (κ2) is 8.53. The summed E-state index contributed by atoms with van der Waals surface area (Å²) in [5, 5.41) is 5.46. The Labute approximate surface area is 141 Å². The van der Waals surface area contributed by atoms with E-state index < -0.39 is 0 Å². The monoisotopic (exact) mass is 324 g/mol. The lowest BCUT2D eigenvalue weighted by atomic mass is 10.1. The molecule has 0 aliphatic rings. The summed E-state index contributed by atoms with van der Waals surface area (Å²) >= 11 is 0. The number of anilines is 1. The van der Waals surface area contributed by atoms with Crippen LogP contribution in [0.15, 0.2) is 54.6 Å². The number of para-hydroxylation sites is 1. The fourth-order valence-corrected chi connectivity index (χ4v) is 2.15. The van der Waals surface area contributed by atoms with Crippen LogP contribution < -0.4 is 15.4 Å². The van der Waals surface area contributed by atoms with Crippen molar-refractivity contribution in [3.63, 3.8) is 0 Å². The molecule has 5 nitrogen and oxygen atoms in total. The Kier molecular flexibility index (Phi) is 6.14. The van der Waals surface area contributed by atoms with Crippen molar-refractivity contribution in [3.05, 3.63) is 65.7 Å². The lowest BCUT2D eigenvalue weighted by Gasteiger charge is -2.06. The number of rotatable bonds is 6. The minimum Gasteiger partial charge on any atom is -0.496 e. The molecule has 0 saturated carbocycles. The van der Waals surface area contributed by atoms with E-state index in [4.69, 9.17) is 4.74 Å². The summed E-state index contributed by atoms with van der Waals surface area (Å²) in [6, 6.07) is 14.2. The number of amides is 2. The summed E-state index contributed by atoms with van der Waals surface area (Å²) in [5.74, 6) is 0.243. The standard InChI is InChI=1S/C19H20N2O3/c1-3-20-19(23)15-8-6-9-16(13-15)21-18(22)12-11-14-7-4-5-10-17(14)24-2/h4-13H,3H2,1-2H3,(H,20,23)(H,21,22)/b12-11+. The van der Waals surface area contributed by atoms with Gasteiger partial charge >= 0.3 is 0 Å². The van der Waals surface area contributed by atoms with E-state index in [0.29, 0.717) is 23.5 Å². The van der Waals surface area contributed by atoms with Crippen LogP contribution in [0.2, 0.25) is 0 Å². The number of benzene rings is 2. The van der Waals surface area contributed by atoms with E-state index in [9.17, 15) is 9.59 Å². The van der Waals surface area contributed by atoms with Crippen molar-refractivity contribution in [2.75, 3.05) is 19.0 Å². The van der Waals surface area contributed by atoms with Crippen LogP contribution in [0.1, 0.15) is 22.8 Å². The first-order chi connectivity index (χ1) is 11.6. The minimum atomic E-state index is -0.283. The summed E-state index contributed by atoms with van der Waals surface area (Å²) in [6.07, 6.45) is 3.11. The number of hydrogen-bond donors (Lipinski definition) is 2. The Balaban J connectivity index is 2.06. The van der Waals surface area contributed by atoms with Crippen molar-refractivity contribution in [1.82, 2.24) is 5.32 Å². The average molecular weight is 324 g/mol. The molecular weight excluding hydrogens is 304 g/mol. The first kappa shape index (κ1) is 17.3. The highest BCUT2D eigenvalue weighted by atomic mass is 16.5. The SMILES string of the molecule is CCNC(=O)c1cccc(NC(=O)/C=C/c2ccccc2OC)c1. The second-order valence-corrected chi connectivity index (χ2v) is 5.00. The van der Waals surface area contributed by atoms with Gasteiger partial charge in [-0.3, -0.25) is 9.59 Å². The van der Waals surface area contributed by atoms with Gasteiger partial charge in [0.05, 0.1) is 7.11 Å². The number of ether oxygens (including phenoxy) is 1. The minimum absolute atomic E-state index is 0.168. The maximum absolute atomic E-state index is 12.1. The van der Waals surface area contributed by atoms with Gasteiger partial charge in [-0.2, -0.15) is 0 Å². The van der Waals surface area contributed by atoms with E-state index >= 15 is 0 Å². The van der Waals surface area contributed by atoms with Crippen LogP contribution in [-0.4, -0.2) is 25.5 Å². The first-order valence-corrected chi connectivity index (χ1v) is 7.64. The fourth-order valence-electron chi connectivity index (χ4n) is 2.15. The molecule has 0 unspecified atom stereocenters. The summed E-state index contributed by atoms with van der Waals surface area (Å²) in [7, 11) is 1.58. The molecule has 0 radical (unpaired) electrons. The second-order valence-electron chi connectivity index (χ2n) is 5.00. The van der Waals surface area contributed by atoms with Gasteiger partial charge in [0.2, 0.25) is 5.91 Å². The van der Waals surface area contributed by atoms with E-state index in [1.54, 1.807) is 37.5 Å². The van der Waals surface area contributed by atoms with E-state index in [0.717, 1.165) is 5.56 Å². The van der Waals surface area contributed by atoms with Gasteiger partial charge in [0, 0.05) is 29.4 Å². The smallest absolute Gasteiger partial charge is 0.251 e. The van der Waals surface area contributed by atoms with E-state index in [2.05, 4.69) is 10.6 Å². The van der Waals surface area contributed by atoms with Crippen LogP contribution in [0.5, 0.6) is 5.75 Å². The lowest BCUT2D eigenvalue weighted by molar-refractivity contribution is -0.111. The summed E-state index contributed by atoms with van der Waals surface area (Å²) in [4.78, 5) is 23.9. The van der Waals surface area contributed by atoms with Crippen molar-refractivity contribution in [2.45, 2.75) is 6.92 Å². The first-order valence-electron chi connectivity index (χ1n) is 7.64. The molecular formula is C19H20N2O3. The van der Waals surface area contributed by atoms with Gasteiger partial charge in [0.25, 0.3) is 5.91 Å².